The van der Waals surface area contributed by atoms with Crippen molar-refractivity contribution in [2.75, 3.05) is 0 Å². The van der Waals surface area contributed by atoms with Gasteiger partial charge in [-0.05, 0) is 39.7 Å². The van der Waals surface area contributed by atoms with Crippen LogP contribution in [0.15, 0.2) is 12.3 Å². The van der Waals surface area contributed by atoms with Crippen molar-refractivity contribution in [3.8, 4) is 0 Å². The smallest absolute Gasteiger partial charge is 0.0813 e. The van der Waals surface area contributed by atoms with E-state index in [1.54, 1.807) is 0 Å². The van der Waals surface area contributed by atoms with Crippen LogP contribution in [-0.4, -0.2) is 15.4 Å². The number of rotatable bonds is 4. The molecule has 2 rings (SSSR count). The molecule has 1 aliphatic carbocycles. The molecule has 0 atom stereocenters. The summed E-state index contributed by atoms with van der Waals surface area (Å²) in [5.74, 6) is 0. The lowest BCUT2D eigenvalue weighted by molar-refractivity contribution is -0.0762. The van der Waals surface area contributed by atoms with Crippen molar-refractivity contribution in [2.45, 2.75) is 71.1 Å². The highest BCUT2D eigenvalue weighted by Crippen LogP contribution is 2.27. The highest BCUT2D eigenvalue weighted by atomic mass is 16.7. The van der Waals surface area contributed by atoms with Gasteiger partial charge < -0.3 is 0 Å². The SMILES string of the molecule is CC(C)(C)ONCc1ccn(C2CCCCC2)n1. The van der Waals surface area contributed by atoms with Crippen molar-refractivity contribution in [1.29, 1.82) is 0 Å². The first-order chi connectivity index (χ1) is 8.54. The zero-order valence-corrected chi connectivity index (χ0v) is 11.8. The van der Waals surface area contributed by atoms with Crippen LogP contribution in [0.1, 0.15) is 64.6 Å². The Kier molecular flexibility index (Phi) is 4.40. The number of hydrogen-bond donors (Lipinski definition) is 1. The molecule has 102 valence electrons. The van der Waals surface area contributed by atoms with Gasteiger partial charge in [0.15, 0.2) is 0 Å². The Labute approximate surface area is 110 Å². The molecule has 0 amide bonds. The second kappa shape index (κ2) is 5.85. The van der Waals surface area contributed by atoms with Gasteiger partial charge in [-0.3, -0.25) is 9.52 Å². The van der Waals surface area contributed by atoms with E-state index in [0.717, 1.165) is 5.69 Å². The molecular weight excluding hydrogens is 226 g/mol. The Morgan fingerprint density at radius 1 is 1.33 bits per heavy atom. The largest absolute Gasteiger partial charge is 0.296 e. The monoisotopic (exact) mass is 251 g/mol. The van der Waals surface area contributed by atoms with Crippen molar-refractivity contribution in [2.24, 2.45) is 0 Å². The van der Waals surface area contributed by atoms with Crippen molar-refractivity contribution in [3.05, 3.63) is 18.0 Å². The average molecular weight is 251 g/mol. The van der Waals surface area contributed by atoms with Crippen molar-refractivity contribution in [1.82, 2.24) is 15.3 Å². The summed E-state index contributed by atoms with van der Waals surface area (Å²) in [6, 6.07) is 2.68. The predicted octanol–water partition coefficient (Wildman–Crippen LogP) is 3.21. The molecule has 0 unspecified atom stereocenters. The zero-order valence-electron chi connectivity index (χ0n) is 11.8. The fourth-order valence-corrected chi connectivity index (χ4v) is 2.35. The van der Waals surface area contributed by atoms with Crippen LogP contribution in [0.5, 0.6) is 0 Å². The highest BCUT2D eigenvalue weighted by molar-refractivity contribution is 4.99. The summed E-state index contributed by atoms with van der Waals surface area (Å²) in [5, 5.41) is 4.63. The molecule has 0 aliphatic heterocycles. The molecule has 0 bridgehead atoms. The van der Waals surface area contributed by atoms with Crippen LogP contribution < -0.4 is 5.48 Å². The molecule has 1 saturated carbocycles. The van der Waals surface area contributed by atoms with Gasteiger partial charge in [-0.25, -0.2) is 0 Å². The first-order valence-corrected chi connectivity index (χ1v) is 6.99. The standard InChI is InChI=1S/C14H25N3O/c1-14(2,3)18-15-11-12-9-10-17(16-12)13-7-5-4-6-8-13/h9-10,13,15H,4-8,11H2,1-3H3. The highest BCUT2D eigenvalue weighted by Gasteiger charge is 2.16. The Morgan fingerprint density at radius 2 is 2.06 bits per heavy atom. The fourth-order valence-electron chi connectivity index (χ4n) is 2.35. The normalized spacial score (nSPS) is 18.2. The molecule has 18 heavy (non-hydrogen) atoms. The Hall–Kier alpha value is -0.870. The molecule has 0 aromatic carbocycles. The maximum atomic E-state index is 5.49. The number of hydroxylamine groups is 1. The summed E-state index contributed by atoms with van der Waals surface area (Å²) in [4.78, 5) is 5.49. The molecule has 4 nitrogen and oxygen atoms in total. The second-order valence-corrected chi connectivity index (χ2v) is 6.11. The van der Waals surface area contributed by atoms with Crippen LogP contribution in [-0.2, 0) is 11.4 Å². The van der Waals surface area contributed by atoms with E-state index in [2.05, 4.69) is 27.5 Å². The van der Waals surface area contributed by atoms with Crippen LogP contribution >= 0.6 is 0 Å². The van der Waals surface area contributed by atoms with E-state index >= 15 is 0 Å². The number of aromatic nitrogens is 2. The molecule has 1 aromatic rings. The second-order valence-electron chi connectivity index (χ2n) is 6.11. The van der Waals surface area contributed by atoms with Gasteiger partial charge in [0.25, 0.3) is 0 Å². The number of nitrogens with one attached hydrogen (secondary N) is 1. The molecule has 0 saturated heterocycles. The molecule has 1 aromatic heterocycles. The van der Waals surface area contributed by atoms with Gasteiger partial charge in [0.05, 0.1) is 23.9 Å². The third-order valence-corrected chi connectivity index (χ3v) is 3.24. The Balaban J connectivity index is 1.82. The van der Waals surface area contributed by atoms with Gasteiger partial charge in [-0.15, -0.1) is 0 Å². The Morgan fingerprint density at radius 3 is 2.72 bits per heavy atom. The summed E-state index contributed by atoms with van der Waals surface area (Å²) in [7, 11) is 0. The minimum atomic E-state index is -0.161. The summed E-state index contributed by atoms with van der Waals surface area (Å²) < 4.78 is 2.13. The van der Waals surface area contributed by atoms with E-state index in [9.17, 15) is 0 Å². The molecular formula is C14H25N3O. The van der Waals surface area contributed by atoms with Gasteiger partial charge in [0.2, 0.25) is 0 Å². The van der Waals surface area contributed by atoms with Crippen molar-refractivity contribution < 1.29 is 4.84 Å². The minimum Gasteiger partial charge on any atom is -0.296 e. The van der Waals surface area contributed by atoms with E-state index in [4.69, 9.17) is 4.84 Å². The van der Waals surface area contributed by atoms with Gasteiger partial charge >= 0.3 is 0 Å². The third kappa shape index (κ3) is 4.10. The maximum absolute atomic E-state index is 5.49. The maximum Gasteiger partial charge on any atom is 0.0813 e. The van der Waals surface area contributed by atoms with E-state index in [0.29, 0.717) is 12.6 Å². The van der Waals surface area contributed by atoms with Crippen LogP contribution in [0, 0.1) is 0 Å². The summed E-state index contributed by atoms with van der Waals surface area (Å²) in [6.07, 6.45) is 8.70. The van der Waals surface area contributed by atoms with Crippen LogP contribution in [0.3, 0.4) is 0 Å². The van der Waals surface area contributed by atoms with E-state index in [1.165, 1.54) is 32.1 Å². The summed E-state index contributed by atoms with van der Waals surface area (Å²) in [5.41, 5.74) is 3.87. The molecule has 1 N–H and O–H groups in total. The van der Waals surface area contributed by atoms with Crippen LogP contribution in [0.2, 0.25) is 0 Å². The molecule has 4 heteroatoms. The van der Waals surface area contributed by atoms with Gasteiger partial charge in [0, 0.05) is 6.20 Å². The number of nitrogens with zero attached hydrogens (tertiary/aromatic N) is 2. The average Bonchev–Trinajstić information content (AvgIpc) is 2.77. The lowest BCUT2D eigenvalue weighted by Gasteiger charge is -2.22. The minimum absolute atomic E-state index is 0.161. The van der Waals surface area contributed by atoms with Crippen LogP contribution in [0.4, 0.5) is 0 Å². The summed E-state index contributed by atoms with van der Waals surface area (Å²) in [6.45, 7) is 6.75. The van der Waals surface area contributed by atoms with E-state index in [1.807, 2.05) is 20.8 Å². The third-order valence-electron chi connectivity index (χ3n) is 3.24. The van der Waals surface area contributed by atoms with E-state index < -0.39 is 0 Å². The first kappa shape index (κ1) is 13.6. The summed E-state index contributed by atoms with van der Waals surface area (Å²) >= 11 is 0. The van der Waals surface area contributed by atoms with Gasteiger partial charge in [-0.1, -0.05) is 19.3 Å². The number of hydrogen-bond acceptors (Lipinski definition) is 3. The van der Waals surface area contributed by atoms with Crippen LogP contribution in [0.25, 0.3) is 0 Å². The zero-order chi connectivity index (χ0) is 13.0. The fraction of sp³-hybridized carbons (Fsp3) is 0.786. The molecule has 0 radical (unpaired) electrons. The molecule has 1 aliphatic rings. The topological polar surface area (TPSA) is 39.1 Å². The van der Waals surface area contributed by atoms with Gasteiger partial charge in [0.1, 0.15) is 0 Å². The lowest BCUT2D eigenvalue weighted by atomic mass is 9.96. The van der Waals surface area contributed by atoms with E-state index in [-0.39, 0.29) is 5.60 Å². The molecule has 0 spiro atoms. The molecule has 1 heterocycles. The molecule has 1 fully saturated rings. The Bertz CT molecular complexity index is 361. The quantitative estimate of drug-likeness (QED) is 0.835. The lowest BCUT2D eigenvalue weighted by Crippen LogP contribution is -2.28. The predicted molar refractivity (Wildman–Crippen MR) is 72.0 cm³/mol. The van der Waals surface area contributed by atoms with Crippen molar-refractivity contribution >= 4 is 0 Å². The van der Waals surface area contributed by atoms with Gasteiger partial charge in [-0.2, -0.15) is 10.6 Å². The van der Waals surface area contributed by atoms with Crippen molar-refractivity contribution in [3.63, 3.8) is 0 Å². The first-order valence-electron chi connectivity index (χ1n) is 6.99.